The molecule has 0 bridgehead atoms. The molecule has 0 spiro atoms. The van der Waals surface area contributed by atoms with Gasteiger partial charge in [0.25, 0.3) is 0 Å². The lowest BCUT2D eigenvalue weighted by Crippen LogP contribution is -2.50. The Balaban J connectivity index is 1.50. The van der Waals surface area contributed by atoms with E-state index >= 15 is 0 Å². The molecule has 0 aromatic heterocycles. The highest BCUT2D eigenvalue weighted by molar-refractivity contribution is 5.84. The topological polar surface area (TPSA) is 53.6 Å². The summed E-state index contributed by atoms with van der Waals surface area (Å²) >= 11 is 0. The maximum absolute atomic E-state index is 12.9. The Kier molecular flexibility index (Phi) is 4.96. The summed E-state index contributed by atoms with van der Waals surface area (Å²) in [6.45, 7) is 5.42. The van der Waals surface area contributed by atoms with Crippen LogP contribution in [0.1, 0.15) is 38.5 Å². The van der Waals surface area contributed by atoms with Crippen molar-refractivity contribution in [1.29, 1.82) is 0 Å². The molecule has 0 radical (unpaired) electrons. The molecule has 8 nitrogen and oxygen atoms in total. The van der Waals surface area contributed by atoms with Crippen LogP contribution in [0.15, 0.2) is 0 Å². The summed E-state index contributed by atoms with van der Waals surface area (Å²) in [6, 6.07) is 0.0714. The van der Waals surface area contributed by atoms with Crippen LogP contribution in [-0.4, -0.2) is 107 Å². The van der Waals surface area contributed by atoms with E-state index in [-0.39, 0.29) is 24.4 Å². The minimum Gasteiger partial charge on any atom is -0.303 e. The van der Waals surface area contributed by atoms with Gasteiger partial charge < -0.3 is 9.80 Å². The lowest BCUT2D eigenvalue weighted by molar-refractivity contribution is 0.0675. The molecule has 4 aliphatic rings. The summed E-state index contributed by atoms with van der Waals surface area (Å²) in [4.78, 5) is 37.9. The summed E-state index contributed by atoms with van der Waals surface area (Å²) in [6.07, 6.45) is 6.96. The molecule has 4 heterocycles. The van der Waals surface area contributed by atoms with Crippen molar-refractivity contribution in [1.82, 2.24) is 29.4 Å². The first-order valence-corrected chi connectivity index (χ1v) is 10.1. The van der Waals surface area contributed by atoms with E-state index in [0.717, 1.165) is 26.2 Å². The zero-order valence-corrected chi connectivity index (χ0v) is 16.1. The summed E-state index contributed by atoms with van der Waals surface area (Å²) in [5.41, 5.74) is 0. The summed E-state index contributed by atoms with van der Waals surface area (Å²) in [5.74, 6) is 0. The predicted molar refractivity (Wildman–Crippen MR) is 98.2 cm³/mol. The first-order chi connectivity index (χ1) is 12.6. The van der Waals surface area contributed by atoms with Gasteiger partial charge in [-0.25, -0.2) is 9.59 Å². The molecule has 146 valence electrons. The van der Waals surface area contributed by atoms with Gasteiger partial charge in [-0.1, -0.05) is 12.8 Å². The van der Waals surface area contributed by atoms with Gasteiger partial charge in [-0.2, -0.15) is 0 Å². The van der Waals surface area contributed by atoms with Crippen LogP contribution < -0.4 is 0 Å². The monoisotopic (exact) mass is 364 g/mol. The highest BCUT2D eigenvalue weighted by Gasteiger charge is 2.57. The van der Waals surface area contributed by atoms with Gasteiger partial charge >= 0.3 is 12.1 Å². The fraction of sp³-hybridized carbons (Fsp3) is 0.889. The maximum atomic E-state index is 12.9. The third-order valence-electron chi connectivity index (χ3n) is 6.40. The van der Waals surface area contributed by atoms with E-state index in [9.17, 15) is 9.59 Å². The number of carbonyl (C=O) groups is 2. The van der Waals surface area contributed by atoms with Crippen LogP contribution >= 0.6 is 0 Å². The van der Waals surface area contributed by atoms with E-state index in [2.05, 4.69) is 9.80 Å². The molecule has 0 aromatic carbocycles. The van der Waals surface area contributed by atoms with Crippen LogP contribution in [0.2, 0.25) is 0 Å². The number of carbonyl (C=O) groups excluding carboxylic acids is 2. The van der Waals surface area contributed by atoms with Crippen molar-refractivity contribution in [3.8, 4) is 0 Å². The Morgan fingerprint density at radius 2 is 1.00 bits per heavy atom. The zero-order chi connectivity index (χ0) is 18.3. The number of nitrogens with zero attached hydrogens (tertiary/aromatic N) is 6. The average molecular weight is 364 g/mol. The number of urea groups is 2. The van der Waals surface area contributed by atoms with Crippen LogP contribution in [0.4, 0.5) is 9.59 Å². The van der Waals surface area contributed by atoms with E-state index in [0.29, 0.717) is 13.3 Å². The van der Waals surface area contributed by atoms with Gasteiger partial charge in [0.05, 0.1) is 13.3 Å². The Labute approximate surface area is 156 Å². The summed E-state index contributed by atoms with van der Waals surface area (Å²) in [7, 11) is 3.68. The molecule has 0 aliphatic carbocycles. The molecule has 0 saturated carbocycles. The second kappa shape index (κ2) is 7.23. The fourth-order valence-electron chi connectivity index (χ4n) is 4.92. The fourth-order valence-corrected chi connectivity index (χ4v) is 4.92. The van der Waals surface area contributed by atoms with Gasteiger partial charge in [-0.05, 0) is 51.9 Å². The van der Waals surface area contributed by atoms with Crippen molar-refractivity contribution < 1.29 is 9.59 Å². The molecule has 4 aliphatic heterocycles. The number of fused-ring (bicyclic) bond motifs is 1. The first-order valence-electron chi connectivity index (χ1n) is 10.1. The Bertz CT molecular complexity index is 498. The molecule has 0 aromatic rings. The molecule has 8 heteroatoms. The second-order valence-electron chi connectivity index (χ2n) is 8.19. The number of rotatable bonds is 4. The highest BCUT2D eigenvalue weighted by Crippen LogP contribution is 2.34. The van der Waals surface area contributed by atoms with Gasteiger partial charge in [0, 0.05) is 14.1 Å². The van der Waals surface area contributed by atoms with Gasteiger partial charge in [0.1, 0.15) is 0 Å². The highest BCUT2D eigenvalue weighted by atomic mass is 16.2. The Morgan fingerprint density at radius 3 is 1.35 bits per heavy atom. The number of hydrogen-bond acceptors (Lipinski definition) is 4. The molecule has 4 fully saturated rings. The van der Waals surface area contributed by atoms with E-state index in [1.54, 1.807) is 9.80 Å². The van der Waals surface area contributed by atoms with Crippen LogP contribution in [0.5, 0.6) is 0 Å². The van der Waals surface area contributed by atoms with Crippen molar-refractivity contribution in [2.75, 3.05) is 53.6 Å². The van der Waals surface area contributed by atoms with Crippen LogP contribution in [0.3, 0.4) is 0 Å². The van der Waals surface area contributed by atoms with Gasteiger partial charge in [0.15, 0.2) is 12.3 Å². The number of likely N-dealkylation sites (tertiary alicyclic amines) is 2. The number of amides is 4. The number of hydrogen-bond donors (Lipinski definition) is 0. The SMILES string of the molecule is CN1C(=O)N(CN2CCCCC2)C2C1N(CN1CCCCC1)C(=O)N2C. The summed E-state index contributed by atoms with van der Waals surface area (Å²) in [5, 5.41) is 0. The third kappa shape index (κ3) is 3.03. The lowest BCUT2D eigenvalue weighted by atomic mass is 10.1. The second-order valence-corrected chi connectivity index (χ2v) is 8.19. The molecule has 4 saturated heterocycles. The zero-order valence-electron chi connectivity index (χ0n) is 16.1. The van der Waals surface area contributed by atoms with Crippen molar-refractivity contribution >= 4 is 12.1 Å². The summed E-state index contributed by atoms with van der Waals surface area (Å²) < 4.78 is 0. The third-order valence-corrected chi connectivity index (χ3v) is 6.40. The van der Waals surface area contributed by atoms with Crippen molar-refractivity contribution in [3.63, 3.8) is 0 Å². The van der Waals surface area contributed by atoms with Gasteiger partial charge in [-0.15, -0.1) is 0 Å². The van der Waals surface area contributed by atoms with E-state index in [4.69, 9.17) is 0 Å². The number of piperidine rings is 2. The Morgan fingerprint density at radius 1 is 0.654 bits per heavy atom. The molecule has 2 atom stereocenters. The van der Waals surface area contributed by atoms with Crippen molar-refractivity contribution in [2.24, 2.45) is 0 Å². The van der Waals surface area contributed by atoms with E-state index < -0.39 is 0 Å². The average Bonchev–Trinajstić information content (AvgIpc) is 3.05. The van der Waals surface area contributed by atoms with Crippen LogP contribution in [0, 0.1) is 0 Å². The molecular weight excluding hydrogens is 332 g/mol. The van der Waals surface area contributed by atoms with E-state index in [1.807, 2.05) is 23.9 Å². The molecule has 0 N–H and O–H groups in total. The predicted octanol–water partition coefficient (Wildman–Crippen LogP) is 1.26. The van der Waals surface area contributed by atoms with Crippen molar-refractivity contribution in [3.05, 3.63) is 0 Å². The smallest absolute Gasteiger partial charge is 0.303 e. The van der Waals surface area contributed by atoms with Gasteiger partial charge in [-0.3, -0.25) is 19.6 Å². The minimum atomic E-state index is -0.188. The van der Waals surface area contributed by atoms with Gasteiger partial charge in [0.2, 0.25) is 0 Å². The van der Waals surface area contributed by atoms with Crippen LogP contribution in [-0.2, 0) is 0 Å². The van der Waals surface area contributed by atoms with Crippen LogP contribution in [0.25, 0.3) is 0 Å². The molecule has 2 unspecified atom stereocenters. The van der Waals surface area contributed by atoms with Crippen molar-refractivity contribution in [2.45, 2.75) is 50.9 Å². The maximum Gasteiger partial charge on any atom is 0.324 e. The quantitative estimate of drug-likeness (QED) is 0.754. The lowest BCUT2D eigenvalue weighted by Gasteiger charge is -2.34. The normalized spacial score (nSPS) is 31.3. The standard InChI is InChI=1S/C18H32N6O2/c1-19-15-16(24(17(19)25)14-22-11-7-4-8-12-22)20(2)18(26)23(15)13-21-9-5-3-6-10-21/h15-16H,3-14H2,1-2H3. The molecule has 26 heavy (non-hydrogen) atoms. The Hall–Kier alpha value is -1.54. The van der Waals surface area contributed by atoms with E-state index in [1.165, 1.54) is 38.5 Å². The minimum absolute atomic E-state index is 0.0357. The molecule has 4 rings (SSSR count). The first kappa shape index (κ1) is 17.9. The molecular formula is C18H32N6O2. The number of likely N-dealkylation sites (N-methyl/N-ethyl adjacent to an activating group) is 2. The molecule has 4 amide bonds. The largest absolute Gasteiger partial charge is 0.324 e.